The SMILES string of the molecule is COc1ccc([N+](=O)[O-])cc1S(=O)(=O)Nc1cccc(CO)c1. The van der Waals surface area contributed by atoms with Gasteiger partial charge in [0.2, 0.25) is 0 Å². The molecule has 0 unspecified atom stereocenters. The maximum atomic E-state index is 12.5. The maximum absolute atomic E-state index is 12.5. The Labute approximate surface area is 132 Å². The third-order valence-corrected chi connectivity index (χ3v) is 4.41. The Morgan fingerprint density at radius 2 is 2.00 bits per heavy atom. The van der Waals surface area contributed by atoms with E-state index in [0.717, 1.165) is 12.1 Å². The topological polar surface area (TPSA) is 119 Å². The molecule has 0 bridgehead atoms. The van der Waals surface area contributed by atoms with Gasteiger partial charge in [-0.25, -0.2) is 8.42 Å². The number of benzene rings is 2. The molecule has 2 aromatic carbocycles. The normalized spacial score (nSPS) is 11.0. The Bertz CT molecular complexity index is 835. The number of nitro benzene ring substituents is 1. The van der Waals surface area contributed by atoms with Gasteiger partial charge in [-0.05, 0) is 23.8 Å². The highest BCUT2D eigenvalue weighted by atomic mass is 32.2. The summed E-state index contributed by atoms with van der Waals surface area (Å²) in [6.45, 7) is -0.240. The van der Waals surface area contributed by atoms with Crippen molar-refractivity contribution in [3.05, 3.63) is 58.1 Å². The summed E-state index contributed by atoms with van der Waals surface area (Å²) in [6.07, 6.45) is 0. The molecule has 2 rings (SSSR count). The van der Waals surface area contributed by atoms with Crippen LogP contribution in [0.2, 0.25) is 0 Å². The van der Waals surface area contributed by atoms with Crippen molar-refractivity contribution in [2.45, 2.75) is 11.5 Å². The van der Waals surface area contributed by atoms with E-state index in [0.29, 0.717) is 5.56 Å². The van der Waals surface area contributed by atoms with Gasteiger partial charge in [0.05, 0.1) is 18.6 Å². The lowest BCUT2D eigenvalue weighted by Crippen LogP contribution is -2.14. The highest BCUT2D eigenvalue weighted by molar-refractivity contribution is 7.92. The Balaban J connectivity index is 2.45. The number of sulfonamides is 1. The van der Waals surface area contributed by atoms with Gasteiger partial charge in [-0.1, -0.05) is 12.1 Å². The van der Waals surface area contributed by atoms with Gasteiger partial charge in [0.25, 0.3) is 15.7 Å². The molecule has 8 nitrogen and oxygen atoms in total. The van der Waals surface area contributed by atoms with Crippen LogP contribution in [-0.4, -0.2) is 25.6 Å². The van der Waals surface area contributed by atoms with Crippen molar-refractivity contribution >= 4 is 21.4 Å². The van der Waals surface area contributed by atoms with Crippen molar-refractivity contribution in [2.75, 3.05) is 11.8 Å². The third-order valence-electron chi connectivity index (χ3n) is 3.01. The fourth-order valence-corrected chi connectivity index (χ4v) is 3.17. The number of aliphatic hydroxyl groups excluding tert-OH is 1. The molecule has 0 aliphatic rings. The summed E-state index contributed by atoms with van der Waals surface area (Å²) in [4.78, 5) is 9.81. The van der Waals surface area contributed by atoms with Crippen LogP contribution in [0.15, 0.2) is 47.4 Å². The molecule has 9 heteroatoms. The van der Waals surface area contributed by atoms with Gasteiger partial charge in [-0.3, -0.25) is 14.8 Å². The van der Waals surface area contributed by atoms with Crippen molar-refractivity contribution < 1.29 is 23.2 Å². The van der Waals surface area contributed by atoms with Gasteiger partial charge in [-0.2, -0.15) is 0 Å². The number of nitro groups is 1. The Morgan fingerprint density at radius 1 is 1.26 bits per heavy atom. The van der Waals surface area contributed by atoms with Crippen LogP contribution in [0, 0.1) is 10.1 Å². The lowest BCUT2D eigenvalue weighted by molar-refractivity contribution is -0.385. The second-order valence-electron chi connectivity index (χ2n) is 4.56. The summed E-state index contributed by atoms with van der Waals surface area (Å²) in [7, 11) is -2.83. The molecule has 122 valence electrons. The fraction of sp³-hybridized carbons (Fsp3) is 0.143. The largest absolute Gasteiger partial charge is 0.495 e. The van der Waals surface area contributed by atoms with Crippen LogP contribution >= 0.6 is 0 Å². The summed E-state index contributed by atoms with van der Waals surface area (Å²) < 4.78 is 32.2. The second-order valence-corrected chi connectivity index (χ2v) is 6.21. The Hall–Kier alpha value is -2.65. The van der Waals surface area contributed by atoms with Crippen LogP contribution in [0.1, 0.15) is 5.56 Å². The number of nitrogens with one attached hydrogen (secondary N) is 1. The van der Waals surface area contributed by atoms with E-state index in [2.05, 4.69) is 4.72 Å². The monoisotopic (exact) mass is 338 g/mol. The molecule has 0 aliphatic heterocycles. The number of non-ortho nitro benzene ring substituents is 1. The summed E-state index contributed by atoms with van der Waals surface area (Å²) in [5, 5.41) is 19.9. The van der Waals surface area contributed by atoms with Crippen LogP contribution in [0.4, 0.5) is 11.4 Å². The van der Waals surface area contributed by atoms with E-state index in [9.17, 15) is 18.5 Å². The number of rotatable bonds is 6. The predicted octanol–water partition coefficient (Wildman–Crippen LogP) is 1.90. The minimum Gasteiger partial charge on any atom is -0.495 e. The van der Waals surface area contributed by atoms with Crippen LogP contribution in [0.3, 0.4) is 0 Å². The van der Waals surface area contributed by atoms with E-state index in [-0.39, 0.29) is 28.6 Å². The van der Waals surface area contributed by atoms with Crippen molar-refractivity contribution in [2.24, 2.45) is 0 Å². The van der Waals surface area contributed by atoms with E-state index in [4.69, 9.17) is 9.84 Å². The summed E-state index contributed by atoms with van der Waals surface area (Å²) in [6, 6.07) is 9.47. The minimum absolute atomic E-state index is 0.0126. The van der Waals surface area contributed by atoms with Crippen molar-refractivity contribution in [1.29, 1.82) is 0 Å². The van der Waals surface area contributed by atoms with Gasteiger partial charge < -0.3 is 9.84 Å². The molecule has 0 saturated heterocycles. The van der Waals surface area contributed by atoms with Gasteiger partial charge in [-0.15, -0.1) is 0 Å². The standard InChI is InChI=1S/C14H14N2O6S/c1-22-13-6-5-12(16(18)19)8-14(13)23(20,21)15-11-4-2-3-10(7-11)9-17/h2-8,15,17H,9H2,1H3. The first-order chi connectivity index (χ1) is 10.9. The van der Waals surface area contributed by atoms with Gasteiger partial charge in [0.15, 0.2) is 0 Å². The van der Waals surface area contributed by atoms with Crippen LogP contribution in [-0.2, 0) is 16.6 Å². The van der Waals surface area contributed by atoms with Crippen LogP contribution in [0.5, 0.6) is 5.75 Å². The number of hydrogen-bond donors (Lipinski definition) is 2. The molecule has 2 N–H and O–H groups in total. The average Bonchev–Trinajstić information content (AvgIpc) is 2.53. The van der Waals surface area contributed by atoms with E-state index in [1.54, 1.807) is 12.1 Å². The van der Waals surface area contributed by atoms with Crippen molar-refractivity contribution in [3.63, 3.8) is 0 Å². The number of methoxy groups -OCH3 is 1. The quantitative estimate of drug-likeness (QED) is 0.613. The fourth-order valence-electron chi connectivity index (χ4n) is 1.93. The number of hydrogen-bond acceptors (Lipinski definition) is 6. The summed E-state index contributed by atoms with van der Waals surface area (Å²) in [5.41, 5.74) is 0.386. The van der Waals surface area contributed by atoms with E-state index < -0.39 is 14.9 Å². The first-order valence-electron chi connectivity index (χ1n) is 6.42. The molecule has 0 aromatic heterocycles. The molecular formula is C14H14N2O6S. The predicted molar refractivity (Wildman–Crippen MR) is 82.8 cm³/mol. The number of ether oxygens (including phenoxy) is 1. The van der Waals surface area contributed by atoms with Gasteiger partial charge in [0.1, 0.15) is 10.6 Å². The van der Waals surface area contributed by atoms with Gasteiger partial charge >= 0.3 is 0 Å². The van der Waals surface area contributed by atoms with Crippen molar-refractivity contribution in [3.8, 4) is 5.75 Å². The highest BCUT2D eigenvalue weighted by Gasteiger charge is 2.23. The van der Waals surface area contributed by atoms with E-state index >= 15 is 0 Å². The molecule has 0 heterocycles. The lowest BCUT2D eigenvalue weighted by Gasteiger charge is -2.12. The first-order valence-corrected chi connectivity index (χ1v) is 7.91. The smallest absolute Gasteiger partial charge is 0.271 e. The Morgan fingerprint density at radius 3 is 2.61 bits per heavy atom. The van der Waals surface area contributed by atoms with Crippen LogP contribution < -0.4 is 9.46 Å². The minimum atomic E-state index is -4.10. The van der Waals surface area contributed by atoms with Crippen LogP contribution in [0.25, 0.3) is 0 Å². The molecular weight excluding hydrogens is 324 g/mol. The molecule has 0 fully saturated rings. The second kappa shape index (κ2) is 6.63. The zero-order chi connectivity index (χ0) is 17.0. The lowest BCUT2D eigenvalue weighted by atomic mass is 10.2. The molecule has 0 radical (unpaired) electrons. The molecule has 2 aromatic rings. The highest BCUT2D eigenvalue weighted by Crippen LogP contribution is 2.29. The molecule has 0 atom stereocenters. The van der Waals surface area contributed by atoms with E-state index in [1.165, 1.54) is 25.3 Å². The third kappa shape index (κ3) is 3.76. The molecule has 0 saturated carbocycles. The summed E-state index contributed by atoms with van der Waals surface area (Å²) >= 11 is 0. The average molecular weight is 338 g/mol. The molecule has 0 aliphatic carbocycles. The number of nitrogens with zero attached hydrogens (tertiary/aromatic N) is 1. The zero-order valence-corrected chi connectivity index (χ0v) is 12.9. The maximum Gasteiger partial charge on any atom is 0.271 e. The summed E-state index contributed by atoms with van der Waals surface area (Å²) in [5.74, 6) is -0.0126. The first kappa shape index (κ1) is 16.7. The zero-order valence-electron chi connectivity index (χ0n) is 12.1. The molecule has 0 spiro atoms. The Kier molecular flexibility index (Phi) is 4.82. The van der Waals surface area contributed by atoms with E-state index in [1.807, 2.05) is 0 Å². The number of anilines is 1. The van der Waals surface area contributed by atoms with Crippen molar-refractivity contribution in [1.82, 2.24) is 0 Å². The molecule has 23 heavy (non-hydrogen) atoms. The van der Waals surface area contributed by atoms with Gasteiger partial charge in [0, 0.05) is 17.8 Å². The molecule has 0 amide bonds. The number of aliphatic hydroxyl groups is 1.